The van der Waals surface area contributed by atoms with Crippen LogP contribution in [0.1, 0.15) is 75.9 Å². The van der Waals surface area contributed by atoms with Crippen molar-refractivity contribution in [3.8, 4) is 0 Å². The van der Waals surface area contributed by atoms with E-state index in [1.807, 2.05) is 6.92 Å². The number of hydrogen-bond donors (Lipinski definition) is 0. The van der Waals surface area contributed by atoms with Gasteiger partial charge in [0.25, 0.3) is 0 Å². The van der Waals surface area contributed by atoms with E-state index in [9.17, 15) is 0 Å². The molecule has 2 unspecified atom stereocenters. The van der Waals surface area contributed by atoms with Gasteiger partial charge in [-0.3, -0.25) is 4.90 Å². The van der Waals surface area contributed by atoms with Gasteiger partial charge in [-0.05, 0) is 33.2 Å². The molecule has 2 aromatic rings. The van der Waals surface area contributed by atoms with Crippen molar-refractivity contribution in [1.82, 2.24) is 25.2 Å². The van der Waals surface area contributed by atoms with Gasteiger partial charge in [0.1, 0.15) is 0 Å². The maximum absolute atomic E-state index is 5.50. The molecule has 0 aliphatic carbocycles. The lowest BCUT2D eigenvalue weighted by molar-refractivity contribution is 0.122. The molecule has 0 radical (unpaired) electrons. The first-order chi connectivity index (χ1) is 10.8. The van der Waals surface area contributed by atoms with E-state index >= 15 is 0 Å². The van der Waals surface area contributed by atoms with Crippen LogP contribution >= 0.6 is 0 Å². The molecule has 126 valence electrons. The van der Waals surface area contributed by atoms with Crippen molar-refractivity contribution in [3.63, 3.8) is 0 Å². The van der Waals surface area contributed by atoms with E-state index in [2.05, 4.69) is 52.9 Å². The fraction of sp³-hybridized carbons (Fsp3) is 0.750. The van der Waals surface area contributed by atoms with Crippen LogP contribution < -0.4 is 0 Å². The summed E-state index contributed by atoms with van der Waals surface area (Å²) < 4.78 is 10.8. The van der Waals surface area contributed by atoms with Crippen molar-refractivity contribution in [2.75, 3.05) is 13.1 Å². The van der Waals surface area contributed by atoms with Crippen LogP contribution in [0.25, 0.3) is 0 Å². The zero-order chi connectivity index (χ0) is 16.6. The third-order valence-corrected chi connectivity index (χ3v) is 4.36. The number of piperidine rings is 1. The highest BCUT2D eigenvalue weighted by atomic mass is 16.5. The Morgan fingerprint density at radius 1 is 1.17 bits per heavy atom. The molecule has 0 aromatic carbocycles. The molecule has 0 N–H and O–H groups in total. The van der Waals surface area contributed by atoms with Crippen LogP contribution in [-0.4, -0.2) is 38.3 Å². The summed E-state index contributed by atoms with van der Waals surface area (Å²) in [6.45, 7) is 12.1. The van der Waals surface area contributed by atoms with E-state index < -0.39 is 0 Å². The summed E-state index contributed by atoms with van der Waals surface area (Å²) in [6, 6.07) is 0.0884. The highest BCUT2D eigenvalue weighted by molar-refractivity contribution is 5.03. The van der Waals surface area contributed by atoms with Gasteiger partial charge in [0.05, 0.1) is 12.0 Å². The molecule has 2 aromatic heterocycles. The molecule has 0 saturated carbocycles. The van der Waals surface area contributed by atoms with Crippen molar-refractivity contribution in [2.24, 2.45) is 0 Å². The Morgan fingerprint density at radius 3 is 2.57 bits per heavy atom. The Kier molecular flexibility index (Phi) is 4.23. The first kappa shape index (κ1) is 16.1. The van der Waals surface area contributed by atoms with Gasteiger partial charge in [-0.1, -0.05) is 31.1 Å². The minimum absolute atomic E-state index is 0.0884. The molecule has 0 amide bonds. The summed E-state index contributed by atoms with van der Waals surface area (Å²) in [7, 11) is 0. The number of rotatable bonds is 3. The monoisotopic (exact) mass is 319 g/mol. The zero-order valence-corrected chi connectivity index (χ0v) is 14.5. The molecular weight excluding hydrogens is 294 g/mol. The molecule has 1 fully saturated rings. The highest BCUT2D eigenvalue weighted by Crippen LogP contribution is 2.31. The van der Waals surface area contributed by atoms with Crippen molar-refractivity contribution in [1.29, 1.82) is 0 Å². The molecule has 23 heavy (non-hydrogen) atoms. The first-order valence-corrected chi connectivity index (χ1v) is 8.23. The van der Waals surface area contributed by atoms with Crippen molar-refractivity contribution < 1.29 is 9.05 Å². The Bertz CT molecular complexity index is 657. The zero-order valence-electron chi connectivity index (χ0n) is 14.5. The lowest BCUT2D eigenvalue weighted by Gasteiger charge is -2.33. The lowest BCUT2D eigenvalue weighted by atomic mass is 9.96. The molecule has 3 heterocycles. The average Bonchev–Trinajstić information content (AvgIpc) is 3.15. The Hall–Kier alpha value is -1.76. The van der Waals surface area contributed by atoms with E-state index in [1.165, 1.54) is 0 Å². The summed E-state index contributed by atoms with van der Waals surface area (Å²) in [5.41, 5.74) is -0.104. The molecule has 0 bridgehead atoms. The molecule has 2 atom stereocenters. The van der Waals surface area contributed by atoms with Gasteiger partial charge < -0.3 is 9.05 Å². The van der Waals surface area contributed by atoms with E-state index in [0.717, 1.165) is 37.6 Å². The van der Waals surface area contributed by atoms with Gasteiger partial charge in [0, 0.05) is 12.0 Å². The van der Waals surface area contributed by atoms with Gasteiger partial charge in [-0.25, -0.2) is 0 Å². The van der Waals surface area contributed by atoms with Crippen LogP contribution in [0.5, 0.6) is 0 Å². The maximum atomic E-state index is 5.50. The normalized spacial score (nSPS) is 21.5. The van der Waals surface area contributed by atoms with Crippen LogP contribution in [-0.2, 0) is 5.41 Å². The van der Waals surface area contributed by atoms with Crippen molar-refractivity contribution in [2.45, 2.75) is 64.8 Å². The molecular formula is C16H25N5O2. The van der Waals surface area contributed by atoms with Gasteiger partial charge in [0.15, 0.2) is 11.6 Å². The van der Waals surface area contributed by atoms with E-state index in [1.54, 1.807) is 0 Å². The van der Waals surface area contributed by atoms with Gasteiger partial charge in [-0.2, -0.15) is 9.97 Å². The second-order valence-corrected chi connectivity index (χ2v) is 7.40. The summed E-state index contributed by atoms with van der Waals surface area (Å²) in [5.74, 6) is 3.13. The molecule has 0 spiro atoms. The molecule has 1 aliphatic heterocycles. The Balaban J connectivity index is 1.72. The van der Waals surface area contributed by atoms with E-state index in [4.69, 9.17) is 9.05 Å². The molecule has 1 saturated heterocycles. The van der Waals surface area contributed by atoms with Crippen LogP contribution in [0.4, 0.5) is 0 Å². The van der Waals surface area contributed by atoms with Crippen LogP contribution in [0.15, 0.2) is 9.05 Å². The van der Waals surface area contributed by atoms with Gasteiger partial charge in [-0.15, -0.1) is 0 Å². The van der Waals surface area contributed by atoms with Gasteiger partial charge >= 0.3 is 0 Å². The highest BCUT2D eigenvalue weighted by Gasteiger charge is 2.31. The summed E-state index contributed by atoms with van der Waals surface area (Å²) in [5, 5.41) is 8.03. The van der Waals surface area contributed by atoms with E-state index in [0.29, 0.717) is 11.7 Å². The quantitative estimate of drug-likeness (QED) is 0.860. The smallest absolute Gasteiger partial charge is 0.243 e. The summed E-state index contributed by atoms with van der Waals surface area (Å²) in [6.07, 6.45) is 2.17. The number of aryl methyl sites for hydroxylation is 1. The van der Waals surface area contributed by atoms with Crippen molar-refractivity contribution in [3.05, 3.63) is 23.4 Å². The summed E-state index contributed by atoms with van der Waals surface area (Å²) >= 11 is 0. The minimum Gasteiger partial charge on any atom is -0.339 e. The molecule has 7 heteroatoms. The second kappa shape index (κ2) is 6.03. The SMILES string of the molecule is Cc1noc(C2CCCN(C(C)c3nc(C(C)(C)C)no3)C2)n1. The number of likely N-dealkylation sites (tertiary alicyclic amines) is 1. The van der Waals surface area contributed by atoms with Crippen molar-refractivity contribution >= 4 is 0 Å². The third kappa shape index (κ3) is 3.44. The number of nitrogens with zero attached hydrogens (tertiary/aromatic N) is 5. The predicted molar refractivity (Wildman–Crippen MR) is 84.0 cm³/mol. The molecule has 1 aliphatic rings. The second-order valence-electron chi connectivity index (χ2n) is 7.40. The maximum Gasteiger partial charge on any atom is 0.243 e. The minimum atomic E-state index is -0.104. The molecule has 3 rings (SSSR count). The predicted octanol–water partition coefficient (Wildman–Crippen LogP) is 3.00. The van der Waals surface area contributed by atoms with Crippen LogP contribution in [0.3, 0.4) is 0 Å². The topological polar surface area (TPSA) is 81.1 Å². The third-order valence-electron chi connectivity index (χ3n) is 4.36. The average molecular weight is 319 g/mol. The number of aromatic nitrogens is 4. The Morgan fingerprint density at radius 2 is 1.96 bits per heavy atom. The fourth-order valence-electron chi connectivity index (χ4n) is 2.90. The number of hydrogen-bond acceptors (Lipinski definition) is 7. The lowest BCUT2D eigenvalue weighted by Crippen LogP contribution is -2.36. The molecule has 7 nitrogen and oxygen atoms in total. The van der Waals surface area contributed by atoms with Crippen LogP contribution in [0.2, 0.25) is 0 Å². The standard InChI is InChI=1S/C16H25N5O2/c1-10(13-18-15(20-22-13)16(3,4)5)21-8-6-7-12(9-21)14-17-11(2)19-23-14/h10,12H,6-9H2,1-5H3. The van der Waals surface area contributed by atoms with Crippen LogP contribution in [0, 0.1) is 6.92 Å². The van der Waals surface area contributed by atoms with Gasteiger partial charge in [0.2, 0.25) is 11.8 Å². The Labute approximate surface area is 136 Å². The largest absolute Gasteiger partial charge is 0.339 e. The summed E-state index contributed by atoms with van der Waals surface area (Å²) in [4.78, 5) is 11.3. The first-order valence-electron chi connectivity index (χ1n) is 8.23. The van der Waals surface area contributed by atoms with E-state index in [-0.39, 0.29) is 17.4 Å². The fourth-order valence-corrected chi connectivity index (χ4v) is 2.90.